The molecule has 0 aliphatic heterocycles. The van der Waals surface area contributed by atoms with E-state index in [0.717, 1.165) is 0 Å². The Bertz CT molecular complexity index is 627. The second-order valence-corrected chi connectivity index (χ2v) is 3.92. The zero-order valence-electron chi connectivity index (χ0n) is 12.0. The summed E-state index contributed by atoms with van der Waals surface area (Å²) >= 11 is 0. The van der Waals surface area contributed by atoms with Gasteiger partial charge in [-0.2, -0.15) is 0 Å². The summed E-state index contributed by atoms with van der Waals surface area (Å²) in [4.78, 5) is 23.8. The molecular formula is C12H16N6O3. The van der Waals surface area contributed by atoms with Crippen LogP contribution in [-0.4, -0.2) is 51.5 Å². The molecule has 0 atom stereocenters. The second kappa shape index (κ2) is 6.75. The van der Waals surface area contributed by atoms with E-state index in [-0.39, 0.29) is 12.4 Å². The Morgan fingerprint density at radius 2 is 2.24 bits per heavy atom. The molecule has 2 aromatic heterocycles. The molecule has 0 aromatic carbocycles. The van der Waals surface area contributed by atoms with Crippen molar-refractivity contribution in [2.45, 2.75) is 13.5 Å². The number of aromatic nitrogens is 5. The molecule has 0 fully saturated rings. The van der Waals surface area contributed by atoms with Crippen molar-refractivity contribution in [3.8, 4) is 5.82 Å². The average molecular weight is 292 g/mol. The maximum atomic E-state index is 11.4. The first kappa shape index (κ1) is 14.9. The van der Waals surface area contributed by atoms with E-state index in [4.69, 9.17) is 4.74 Å². The van der Waals surface area contributed by atoms with Crippen LogP contribution >= 0.6 is 0 Å². The second-order valence-electron chi connectivity index (χ2n) is 3.92. The summed E-state index contributed by atoms with van der Waals surface area (Å²) in [7, 11) is 3.02. The molecule has 2 aromatic rings. The van der Waals surface area contributed by atoms with E-state index in [2.05, 4.69) is 30.1 Å². The van der Waals surface area contributed by atoms with E-state index in [1.807, 2.05) is 6.92 Å². The highest BCUT2D eigenvalue weighted by atomic mass is 16.5. The lowest BCUT2D eigenvalue weighted by Gasteiger charge is -2.07. The Hall–Kier alpha value is -2.55. The predicted molar refractivity (Wildman–Crippen MR) is 73.2 cm³/mol. The molecule has 0 unspecified atom stereocenters. The van der Waals surface area contributed by atoms with Crippen LogP contribution < -0.4 is 5.32 Å². The Balaban J connectivity index is 2.33. The van der Waals surface area contributed by atoms with Crippen molar-refractivity contribution >= 4 is 11.8 Å². The van der Waals surface area contributed by atoms with Crippen molar-refractivity contribution in [1.29, 1.82) is 0 Å². The van der Waals surface area contributed by atoms with E-state index in [1.54, 1.807) is 13.1 Å². The molecule has 112 valence electrons. The highest BCUT2D eigenvalue weighted by molar-refractivity contribution is 5.84. The van der Waals surface area contributed by atoms with Gasteiger partial charge in [-0.25, -0.2) is 24.4 Å². The minimum Gasteiger partial charge on any atom is -0.463 e. The average Bonchev–Trinajstić information content (AvgIpc) is 3.01. The number of carbonyl (C=O) groups excluding carboxylic acids is 1. The summed E-state index contributed by atoms with van der Waals surface area (Å²) in [6.07, 6.45) is 1.39. The number of nitrogens with zero attached hydrogens (tertiary/aromatic N) is 5. The first-order valence-corrected chi connectivity index (χ1v) is 6.31. The van der Waals surface area contributed by atoms with Crippen molar-refractivity contribution < 1.29 is 14.3 Å². The van der Waals surface area contributed by atoms with Gasteiger partial charge in [0.15, 0.2) is 11.6 Å². The molecular weight excluding hydrogens is 276 g/mol. The smallest absolute Gasteiger partial charge is 0.377 e. The third-order valence-corrected chi connectivity index (χ3v) is 2.54. The molecule has 1 N–H and O–H groups in total. The van der Waals surface area contributed by atoms with Crippen LogP contribution in [0.15, 0.2) is 12.4 Å². The fourth-order valence-corrected chi connectivity index (χ4v) is 1.54. The van der Waals surface area contributed by atoms with Gasteiger partial charge in [0.2, 0.25) is 0 Å². The lowest BCUT2D eigenvalue weighted by atomic mass is 10.5. The molecule has 9 heteroatoms. The van der Waals surface area contributed by atoms with Crippen LogP contribution in [0.4, 0.5) is 5.82 Å². The Morgan fingerprint density at radius 3 is 2.90 bits per heavy atom. The Labute approximate surface area is 121 Å². The van der Waals surface area contributed by atoms with Crippen molar-refractivity contribution in [1.82, 2.24) is 24.7 Å². The molecule has 0 aliphatic rings. The lowest BCUT2D eigenvalue weighted by molar-refractivity contribution is 0.0587. The maximum Gasteiger partial charge on any atom is 0.377 e. The van der Waals surface area contributed by atoms with Gasteiger partial charge in [-0.1, -0.05) is 0 Å². The number of hydrogen-bond acceptors (Lipinski definition) is 8. The molecule has 0 bridgehead atoms. The molecule has 2 rings (SSSR count). The summed E-state index contributed by atoms with van der Waals surface area (Å²) < 4.78 is 11.2. The van der Waals surface area contributed by atoms with Gasteiger partial charge in [-0.3, -0.25) is 0 Å². The minimum atomic E-state index is -0.605. The SMILES string of the molecule is CCOCc1nc(NC)cc(-n2cnc(C(=O)OC)n2)n1. The van der Waals surface area contributed by atoms with E-state index in [1.165, 1.54) is 18.1 Å². The van der Waals surface area contributed by atoms with Crippen molar-refractivity contribution in [2.75, 3.05) is 26.1 Å². The van der Waals surface area contributed by atoms with E-state index in [9.17, 15) is 4.79 Å². The van der Waals surface area contributed by atoms with Gasteiger partial charge in [0.25, 0.3) is 5.82 Å². The zero-order valence-corrected chi connectivity index (χ0v) is 12.0. The minimum absolute atomic E-state index is 0.0338. The summed E-state index contributed by atoms with van der Waals surface area (Å²) in [6.45, 7) is 2.75. The van der Waals surface area contributed by atoms with Gasteiger partial charge >= 0.3 is 5.97 Å². The van der Waals surface area contributed by atoms with Crippen molar-refractivity contribution in [2.24, 2.45) is 0 Å². The summed E-state index contributed by atoms with van der Waals surface area (Å²) in [5.41, 5.74) is 0. The number of rotatable bonds is 6. The van der Waals surface area contributed by atoms with E-state index < -0.39 is 5.97 Å². The molecule has 0 radical (unpaired) electrons. The van der Waals surface area contributed by atoms with Crippen LogP contribution in [0, 0.1) is 0 Å². The van der Waals surface area contributed by atoms with Crippen LogP contribution in [0.3, 0.4) is 0 Å². The molecule has 0 aliphatic carbocycles. The van der Waals surface area contributed by atoms with E-state index in [0.29, 0.717) is 24.1 Å². The molecule has 0 amide bonds. The van der Waals surface area contributed by atoms with Gasteiger partial charge in [0.1, 0.15) is 18.8 Å². The molecule has 0 saturated heterocycles. The van der Waals surface area contributed by atoms with Crippen LogP contribution in [0.5, 0.6) is 0 Å². The topological polar surface area (TPSA) is 104 Å². The molecule has 21 heavy (non-hydrogen) atoms. The van der Waals surface area contributed by atoms with Gasteiger partial charge in [0, 0.05) is 19.7 Å². The van der Waals surface area contributed by atoms with Gasteiger partial charge in [-0.15, -0.1) is 5.10 Å². The number of anilines is 1. The first-order valence-electron chi connectivity index (χ1n) is 6.31. The van der Waals surface area contributed by atoms with Gasteiger partial charge in [-0.05, 0) is 6.92 Å². The predicted octanol–water partition coefficient (Wildman–Crippen LogP) is 0.422. The Morgan fingerprint density at radius 1 is 1.43 bits per heavy atom. The van der Waals surface area contributed by atoms with Crippen LogP contribution in [0.1, 0.15) is 23.4 Å². The largest absolute Gasteiger partial charge is 0.463 e. The number of hydrogen-bond donors (Lipinski definition) is 1. The lowest BCUT2D eigenvalue weighted by Crippen LogP contribution is -2.09. The summed E-state index contributed by atoms with van der Waals surface area (Å²) in [5.74, 6) is 0.963. The normalized spacial score (nSPS) is 10.4. The monoisotopic (exact) mass is 292 g/mol. The first-order chi connectivity index (χ1) is 10.2. The number of esters is 1. The fraction of sp³-hybridized carbons (Fsp3) is 0.417. The van der Waals surface area contributed by atoms with Crippen molar-refractivity contribution in [3.63, 3.8) is 0 Å². The quantitative estimate of drug-likeness (QED) is 0.764. The number of methoxy groups -OCH3 is 1. The molecule has 0 saturated carbocycles. The number of carbonyl (C=O) groups is 1. The van der Waals surface area contributed by atoms with Gasteiger partial charge < -0.3 is 14.8 Å². The third-order valence-electron chi connectivity index (χ3n) is 2.54. The summed E-state index contributed by atoms with van der Waals surface area (Å²) in [6, 6.07) is 1.69. The standard InChI is InChI=1S/C12H16N6O3/c1-4-21-6-9-15-8(13-2)5-10(16-9)18-7-14-11(17-18)12(19)20-3/h5,7H,4,6H2,1-3H3,(H,13,15,16). The molecule has 2 heterocycles. The number of ether oxygens (including phenoxy) is 2. The van der Waals surface area contributed by atoms with E-state index >= 15 is 0 Å². The van der Waals surface area contributed by atoms with Gasteiger partial charge in [0.05, 0.1) is 7.11 Å². The fourth-order valence-electron chi connectivity index (χ4n) is 1.54. The van der Waals surface area contributed by atoms with Crippen LogP contribution in [0.25, 0.3) is 5.82 Å². The molecule has 9 nitrogen and oxygen atoms in total. The zero-order chi connectivity index (χ0) is 15.2. The highest BCUT2D eigenvalue weighted by Crippen LogP contribution is 2.11. The van der Waals surface area contributed by atoms with Crippen molar-refractivity contribution in [3.05, 3.63) is 24.0 Å². The maximum absolute atomic E-state index is 11.4. The highest BCUT2D eigenvalue weighted by Gasteiger charge is 2.13. The number of nitrogens with one attached hydrogen (secondary N) is 1. The molecule has 0 spiro atoms. The van der Waals surface area contributed by atoms with Crippen LogP contribution in [0.2, 0.25) is 0 Å². The summed E-state index contributed by atoms with van der Waals surface area (Å²) in [5, 5.41) is 6.96. The van der Waals surface area contributed by atoms with Crippen LogP contribution in [-0.2, 0) is 16.1 Å². The Kier molecular flexibility index (Phi) is 4.77. The third kappa shape index (κ3) is 3.51.